The summed E-state index contributed by atoms with van der Waals surface area (Å²) in [5.41, 5.74) is 7.91. The molecule has 0 spiro atoms. The maximum absolute atomic E-state index is 5.75. The monoisotopic (exact) mass is 260 g/mol. The minimum Gasteiger partial charge on any atom is -0.379 e. The molecule has 0 amide bonds. The van der Waals surface area contributed by atoms with Crippen molar-refractivity contribution in [3.63, 3.8) is 0 Å². The highest BCUT2D eigenvalue weighted by molar-refractivity contribution is 5.56. The summed E-state index contributed by atoms with van der Waals surface area (Å²) in [6.45, 7) is 2.26. The minimum atomic E-state index is 0.418. The van der Waals surface area contributed by atoms with E-state index in [4.69, 9.17) is 15.5 Å². The van der Waals surface area contributed by atoms with Crippen LogP contribution in [0.2, 0.25) is 0 Å². The highest BCUT2D eigenvalue weighted by Gasteiger charge is 2.24. The van der Waals surface area contributed by atoms with Gasteiger partial charge < -0.3 is 19.8 Å². The van der Waals surface area contributed by atoms with Crippen molar-refractivity contribution in [1.82, 2.24) is 9.38 Å². The number of pyridine rings is 1. The molecule has 2 aromatic heterocycles. The zero-order valence-electron chi connectivity index (χ0n) is 11.2. The summed E-state index contributed by atoms with van der Waals surface area (Å²) >= 11 is 0. The lowest BCUT2D eigenvalue weighted by atomic mass is 10.2. The molecule has 3 rings (SSSR count). The third-order valence-corrected chi connectivity index (χ3v) is 3.78. The predicted molar refractivity (Wildman–Crippen MR) is 75.6 cm³/mol. The van der Waals surface area contributed by atoms with Crippen LogP contribution < -0.4 is 10.6 Å². The molecule has 1 atom stereocenters. The van der Waals surface area contributed by atoms with Crippen molar-refractivity contribution in [2.75, 3.05) is 31.7 Å². The molecule has 2 N–H and O–H groups in total. The molecular weight excluding hydrogens is 240 g/mol. The van der Waals surface area contributed by atoms with Crippen LogP contribution in [0.15, 0.2) is 24.4 Å². The van der Waals surface area contributed by atoms with Crippen molar-refractivity contribution in [3.05, 3.63) is 30.1 Å². The number of hydrogen-bond acceptors (Lipinski definition) is 4. The van der Waals surface area contributed by atoms with Crippen molar-refractivity contribution in [2.45, 2.75) is 18.9 Å². The van der Waals surface area contributed by atoms with Gasteiger partial charge in [0.2, 0.25) is 0 Å². The van der Waals surface area contributed by atoms with Crippen LogP contribution in [0.4, 0.5) is 5.82 Å². The fraction of sp³-hybridized carbons (Fsp3) is 0.500. The van der Waals surface area contributed by atoms with E-state index in [0.717, 1.165) is 37.5 Å². The van der Waals surface area contributed by atoms with Gasteiger partial charge in [0.05, 0.1) is 18.3 Å². The molecule has 102 valence electrons. The molecule has 1 fully saturated rings. The van der Waals surface area contributed by atoms with E-state index in [9.17, 15) is 0 Å². The van der Waals surface area contributed by atoms with E-state index < -0.39 is 0 Å². The van der Waals surface area contributed by atoms with Gasteiger partial charge in [-0.3, -0.25) is 0 Å². The summed E-state index contributed by atoms with van der Waals surface area (Å²) in [6, 6.07) is 6.48. The number of aromatic nitrogens is 2. The highest BCUT2D eigenvalue weighted by Crippen LogP contribution is 2.25. The van der Waals surface area contributed by atoms with Gasteiger partial charge in [-0.05, 0) is 25.1 Å². The van der Waals surface area contributed by atoms with Gasteiger partial charge in [0, 0.05) is 26.3 Å². The second-order valence-electron chi connectivity index (χ2n) is 4.98. The fourth-order valence-corrected chi connectivity index (χ4v) is 2.69. The van der Waals surface area contributed by atoms with Gasteiger partial charge in [-0.1, -0.05) is 6.07 Å². The Bertz CT molecular complexity index is 560. The van der Waals surface area contributed by atoms with Gasteiger partial charge in [0.25, 0.3) is 0 Å². The molecule has 0 bridgehead atoms. The van der Waals surface area contributed by atoms with Gasteiger partial charge in [0.15, 0.2) is 5.82 Å². The number of anilines is 1. The molecule has 5 heteroatoms. The van der Waals surface area contributed by atoms with E-state index in [1.807, 2.05) is 18.2 Å². The predicted octanol–water partition coefficient (Wildman–Crippen LogP) is 1.06. The smallest absolute Gasteiger partial charge is 0.151 e. The van der Waals surface area contributed by atoms with E-state index in [0.29, 0.717) is 12.6 Å². The molecule has 0 radical (unpaired) electrons. The lowest BCUT2D eigenvalue weighted by Gasteiger charge is -2.24. The van der Waals surface area contributed by atoms with Gasteiger partial charge >= 0.3 is 0 Å². The summed E-state index contributed by atoms with van der Waals surface area (Å²) in [5, 5.41) is 0. The third-order valence-electron chi connectivity index (χ3n) is 3.78. The molecule has 3 heterocycles. The Kier molecular flexibility index (Phi) is 3.40. The van der Waals surface area contributed by atoms with E-state index in [-0.39, 0.29) is 0 Å². The van der Waals surface area contributed by atoms with Gasteiger partial charge in [-0.25, -0.2) is 4.98 Å². The Morgan fingerprint density at radius 2 is 2.42 bits per heavy atom. The summed E-state index contributed by atoms with van der Waals surface area (Å²) < 4.78 is 7.61. The number of likely N-dealkylation sites (N-methyl/N-ethyl adjacent to an activating group) is 1. The standard InChI is InChI=1S/C14H20N4O/c1-17(11-6-9-19-10-11)14-12(5-7-15)18-8-3-2-4-13(18)16-14/h2-4,8,11H,5-7,9-10,15H2,1H3. The first-order chi connectivity index (χ1) is 9.31. The van der Waals surface area contributed by atoms with Crippen molar-refractivity contribution >= 4 is 11.5 Å². The number of rotatable bonds is 4. The molecule has 0 aliphatic carbocycles. The molecule has 5 nitrogen and oxygen atoms in total. The number of nitrogens with two attached hydrogens (primary N) is 1. The molecule has 1 aliphatic heterocycles. The Balaban J connectivity index is 2.03. The Hall–Kier alpha value is -1.59. The third kappa shape index (κ3) is 2.19. The minimum absolute atomic E-state index is 0.418. The van der Waals surface area contributed by atoms with E-state index in [1.54, 1.807) is 0 Å². The summed E-state index contributed by atoms with van der Waals surface area (Å²) in [4.78, 5) is 6.99. The second-order valence-corrected chi connectivity index (χ2v) is 4.98. The van der Waals surface area contributed by atoms with Gasteiger partial charge in [0.1, 0.15) is 5.65 Å². The van der Waals surface area contributed by atoms with Crippen molar-refractivity contribution in [1.29, 1.82) is 0 Å². The average molecular weight is 260 g/mol. The van der Waals surface area contributed by atoms with Crippen LogP contribution in [0.5, 0.6) is 0 Å². The molecule has 19 heavy (non-hydrogen) atoms. The van der Waals surface area contributed by atoms with Crippen LogP contribution in [0.1, 0.15) is 12.1 Å². The van der Waals surface area contributed by atoms with Crippen LogP contribution in [0.25, 0.3) is 5.65 Å². The summed E-state index contributed by atoms with van der Waals surface area (Å²) in [5.74, 6) is 1.03. The lowest BCUT2D eigenvalue weighted by molar-refractivity contribution is 0.193. The maximum Gasteiger partial charge on any atom is 0.151 e. The fourth-order valence-electron chi connectivity index (χ4n) is 2.69. The van der Waals surface area contributed by atoms with Gasteiger partial charge in [-0.2, -0.15) is 0 Å². The van der Waals surface area contributed by atoms with Crippen molar-refractivity contribution in [3.8, 4) is 0 Å². The zero-order chi connectivity index (χ0) is 13.2. The van der Waals surface area contributed by atoms with Crippen LogP contribution in [-0.2, 0) is 11.2 Å². The van der Waals surface area contributed by atoms with Crippen molar-refractivity contribution < 1.29 is 4.74 Å². The van der Waals surface area contributed by atoms with Crippen LogP contribution in [-0.4, -0.2) is 42.2 Å². The molecule has 1 unspecified atom stereocenters. The number of nitrogens with zero attached hydrogens (tertiary/aromatic N) is 3. The van der Waals surface area contributed by atoms with Crippen LogP contribution in [0, 0.1) is 0 Å². The number of fused-ring (bicyclic) bond motifs is 1. The van der Waals surface area contributed by atoms with Crippen LogP contribution in [0.3, 0.4) is 0 Å². The molecule has 0 saturated carbocycles. The van der Waals surface area contributed by atoms with Crippen molar-refractivity contribution in [2.24, 2.45) is 5.73 Å². The Morgan fingerprint density at radius 1 is 1.53 bits per heavy atom. The summed E-state index contributed by atoms with van der Waals surface area (Å²) in [6.07, 6.45) is 3.95. The Labute approximate surface area is 113 Å². The average Bonchev–Trinajstić information content (AvgIpc) is 3.06. The largest absolute Gasteiger partial charge is 0.379 e. The normalized spacial score (nSPS) is 19.2. The SMILES string of the molecule is CN(c1nc2ccccn2c1CCN)C1CCOC1. The first kappa shape index (κ1) is 12.4. The summed E-state index contributed by atoms with van der Waals surface area (Å²) in [7, 11) is 2.10. The molecule has 0 aromatic carbocycles. The Morgan fingerprint density at radius 3 is 3.16 bits per heavy atom. The van der Waals surface area contributed by atoms with E-state index in [1.165, 1.54) is 5.69 Å². The first-order valence-corrected chi connectivity index (χ1v) is 6.78. The molecule has 1 aliphatic rings. The van der Waals surface area contributed by atoms with Gasteiger partial charge in [-0.15, -0.1) is 0 Å². The quantitative estimate of drug-likeness (QED) is 0.893. The second kappa shape index (κ2) is 5.19. The van der Waals surface area contributed by atoms with E-state index >= 15 is 0 Å². The topological polar surface area (TPSA) is 55.8 Å². The molecule has 1 saturated heterocycles. The van der Waals surface area contributed by atoms with Crippen LogP contribution >= 0.6 is 0 Å². The van der Waals surface area contributed by atoms with E-state index in [2.05, 4.69) is 22.5 Å². The zero-order valence-corrected chi connectivity index (χ0v) is 11.2. The number of imidazole rings is 1. The molecular formula is C14H20N4O. The number of ether oxygens (including phenoxy) is 1. The lowest BCUT2D eigenvalue weighted by Crippen LogP contribution is -2.33. The first-order valence-electron chi connectivity index (χ1n) is 6.78. The molecule has 2 aromatic rings. The highest BCUT2D eigenvalue weighted by atomic mass is 16.5. The number of hydrogen-bond donors (Lipinski definition) is 1. The maximum atomic E-state index is 5.75.